The van der Waals surface area contributed by atoms with Crippen molar-refractivity contribution in [3.05, 3.63) is 84.1 Å². The molecular weight excluding hydrogens is 490 g/mol. The third-order valence-corrected chi connectivity index (χ3v) is 7.23. The Morgan fingerprint density at radius 1 is 1.00 bits per heavy atom. The SMILES string of the molecule is COc1ccc(-c2[nH]ncc2-c2nc3ccc(C(=O)Nc4ccc(CN5CCN(C)CC5)cc4)cc3[nH]2)cc1. The molecule has 0 unspecified atom stereocenters. The van der Waals surface area contributed by atoms with E-state index in [2.05, 4.69) is 49.5 Å². The van der Waals surface area contributed by atoms with Gasteiger partial charge in [0.1, 0.15) is 11.6 Å². The average molecular weight is 522 g/mol. The first kappa shape index (κ1) is 24.8. The number of anilines is 1. The number of fused-ring (bicyclic) bond motifs is 1. The molecule has 0 radical (unpaired) electrons. The second-order valence-electron chi connectivity index (χ2n) is 9.93. The van der Waals surface area contributed by atoms with Gasteiger partial charge in [-0.2, -0.15) is 5.10 Å². The molecule has 0 aliphatic carbocycles. The van der Waals surface area contributed by atoms with E-state index in [1.807, 2.05) is 48.5 Å². The summed E-state index contributed by atoms with van der Waals surface area (Å²) in [5.41, 5.74) is 6.80. The second-order valence-corrected chi connectivity index (χ2v) is 9.93. The number of aromatic amines is 2. The van der Waals surface area contributed by atoms with Gasteiger partial charge in [-0.1, -0.05) is 12.1 Å². The van der Waals surface area contributed by atoms with Crippen LogP contribution in [-0.4, -0.2) is 76.2 Å². The molecule has 0 bridgehead atoms. The topological polar surface area (TPSA) is 102 Å². The summed E-state index contributed by atoms with van der Waals surface area (Å²) in [5, 5.41) is 10.3. The summed E-state index contributed by atoms with van der Waals surface area (Å²) >= 11 is 0. The summed E-state index contributed by atoms with van der Waals surface area (Å²) in [6.45, 7) is 5.29. The first-order chi connectivity index (χ1) is 19.1. The van der Waals surface area contributed by atoms with Gasteiger partial charge in [-0.05, 0) is 67.2 Å². The highest BCUT2D eigenvalue weighted by atomic mass is 16.5. The molecule has 0 saturated carbocycles. The van der Waals surface area contributed by atoms with Gasteiger partial charge in [0.25, 0.3) is 5.91 Å². The Bertz CT molecular complexity index is 1580. The van der Waals surface area contributed by atoms with Crippen LogP contribution >= 0.6 is 0 Å². The quantitative estimate of drug-likeness (QED) is 0.289. The van der Waals surface area contributed by atoms with Crippen molar-refractivity contribution >= 4 is 22.6 Å². The van der Waals surface area contributed by atoms with E-state index in [0.29, 0.717) is 11.4 Å². The molecule has 1 fully saturated rings. The number of ether oxygens (including phenoxy) is 1. The van der Waals surface area contributed by atoms with Gasteiger partial charge < -0.3 is 19.9 Å². The molecular formula is C30H31N7O2. The minimum Gasteiger partial charge on any atom is -0.497 e. The molecule has 0 spiro atoms. The molecule has 1 amide bonds. The first-order valence-electron chi connectivity index (χ1n) is 13.0. The zero-order chi connectivity index (χ0) is 26.8. The predicted molar refractivity (Wildman–Crippen MR) is 153 cm³/mol. The molecule has 39 heavy (non-hydrogen) atoms. The normalized spacial score (nSPS) is 14.5. The van der Waals surface area contributed by atoms with Crippen LogP contribution in [0.2, 0.25) is 0 Å². The summed E-state index contributed by atoms with van der Waals surface area (Å²) in [4.78, 5) is 25.9. The van der Waals surface area contributed by atoms with Gasteiger partial charge in [0.05, 0.1) is 35.6 Å². The number of methoxy groups -OCH3 is 1. The number of likely N-dealkylation sites (N-methyl/N-ethyl adjacent to an activating group) is 1. The van der Waals surface area contributed by atoms with Crippen LogP contribution in [0, 0.1) is 0 Å². The number of rotatable bonds is 7. The lowest BCUT2D eigenvalue weighted by molar-refractivity contribution is 0.102. The Balaban J connectivity index is 1.15. The van der Waals surface area contributed by atoms with Crippen LogP contribution in [0.15, 0.2) is 72.9 Å². The summed E-state index contributed by atoms with van der Waals surface area (Å²) in [6.07, 6.45) is 1.75. The highest BCUT2D eigenvalue weighted by Crippen LogP contribution is 2.31. The number of nitrogens with zero attached hydrogens (tertiary/aromatic N) is 4. The lowest BCUT2D eigenvalue weighted by Gasteiger charge is -2.32. The number of carbonyl (C=O) groups is 1. The lowest BCUT2D eigenvalue weighted by atomic mass is 10.1. The fourth-order valence-corrected chi connectivity index (χ4v) is 4.88. The standard InChI is InChI=1S/C30H31N7O2/c1-36-13-15-37(16-14-36)19-20-3-8-23(9-4-20)32-30(38)22-7-12-26-27(17-22)34-29(33-26)25-18-31-35-28(25)21-5-10-24(39-2)11-6-21/h3-12,17-18H,13-16,19H2,1-2H3,(H,31,35)(H,32,38)(H,33,34). The van der Waals surface area contributed by atoms with Crippen molar-refractivity contribution in [3.63, 3.8) is 0 Å². The van der Waals surface area contributed by atoms with E-state index in [9.17, 15) is 4.79 Å². The minimum absolute atomic E-state index is 0.165. The van der Waals surface area contributed by atoms with E-state index in [1.54, 1.807) is 19.4 Å². The van der Waals surface area contributed by atoms with Gasteiger partial charge in [-0.15, -0.1) is 0 Å². The molecule has 3 N–H and O–H groups in total. The maximum Gasteiger partial charge on any atom is 0.255 e. The Morgan fingerprint density at radius 2 is 1.77 bits per heavy atom. The fourth-order valence-electron chi connectivity index (χ4n) is 4.88. The number of imidazole rings is 1. The van der Waals surface area contributed by atoms with E-state index in [-0.39, 0.29) is 5.91 Å². The van der Waals surface area contributed by atoms with Crippen molar-refractivity contribution in [1.29, 1.82) is 0 Å². The third-order valence-electron chi connectivity index (χ3n) is 7.23. The molecule has 6 rings (SSSR count). The van der Waals surface area contributed by atoms with Gasteiger partial charge >= 0.3 is 0 Å². The molecule has 9 heteroatoms. The van der Waals surface area contributed by atoms with Crippen molar-refractivity contribution in [2.45, 2.75) is 6.54 Å². The van der Waals surface area contributed by atoms with E-state index in [4.69, 9.17) is 9.72 Å². The van der Waals surface area contributed by atoms with Crippen LogP contribution in [0.1, 0.15) is 15.9 Å². The van der Waals surface area contributed by atoms with Crippen molar-refractivity contribution in [2.24, 2.45) is 0 Å². The number of amides is 1. The minimum atomic E-state index is -0.165. The largest absolute Gasteiger partial charge is 0.497 e. The average Bonchev–Trinajstić information content (AvgIpc) is 3.62. The number of piperazine rings is 1. The third kappa shape index (κ3) is 5.41. The maximum absolute atomic E-state index is 13.0. The monoisotopic (exact) mass is 521 g/mol. The zero-order valence-corrected chi connectivity index (χ0v) is 22.1. The smallest absolute Gasteiger partial charge is 0.255 e. The predicted octanol–water partition coefficient (Wildman–Crippen LogP) is 4.63. The highest BCUT2D eigenvalue weighted by Gasteiger charge is 2.16. The molecule has 3 heterocycles. The highest BCUT2D eigenvalue weighted by molar-refractivity contribution is 6.06. The molecule has 0 atom stereocenters. The van der Waals surface area contributed by atoms with Crippen molar-refractivity contribution in [3.8, 4) is 28.4 Å². The number of H-pyrrole nitrogens is 2. The van der Waals surface area contributed by atoms with Gasteiger partial charge in [-0.3, -0.25) is 14.8 Å². The van der Waals surface area contributed by atoms with Gasteiger partial charge in [0.15, 0.2) is 0 Å². The summed E-state index contributed by atoms with van der Waals surface area (Å²) in [5.74, 6) is 1.30. The number of nitrogens with one attached hydrogen (secondary N) is 3. The first-order valence-corrected chi connectivity index (χ1v) is 13.0. The summed E-state index contributed by atoms with van der Waals surface area (Å²) in [7, 11) is 3.81. The number of hydrogen-bond acceptors (Lipinski definition) is 6. The lowest BCUT2D eigenvalue weighted by Crippen LogP contribution is -2.43. The summed E-state index contributed by atoms with van der Waals surface area (Å²) in [6, 6.07) is 21.4. The van der Waals surface area contributed by atoms with Crippen molar-refractivity contribution in [2.75, 3.05) is 45.7 Å². The van der Waals surface area contributed by atoms with Crippen molar-refractivity contribution < 1.29 is 9.53 Å². The van der Waals surface area contributed by atoms with Crippen molar-refractivity contribution in [1.82, 2.24) is 30.0 Å². The van der Waals surface area contributed by atoms with Crippen LogP contribution in [0.3, 0.4) is 0 Å². The van der Waals surface area contributed by atoms with Gasteiger partial charge in [0.2, 0.25) is 0 Å². The molecule has 1 aliphatic rings. The Morgan fingerprint density at radius 3 is 2.51 bits per heavy atom. The van der Waals surface area contributed by atoms with Crippen LogP contribution < -0.4 is 10.1 Å². The van der Waals surface area contributed by atoms with Crippen LogP contribution in [0.5, 0.6) is 5.75 Å². The Hall–Kier alpha value is -4.47. The molecule has 3 aromatic carbocycles. The van der Waals surface area contributed by atoms with E-state index in [1.165, 1.54) is 5.56 Å². The zero-order valence-electron chi connectivity index (χ0n) is 22.1. The van der Waals surface area contributed by atoms with E-state index >= 15 is 0 Å². The van der Waals surface area contributed by atoms with Gasteiger partial charge in [-0.25, -0.2) is 4.98 Å². The molecule has 2 aromatic heterocycles. The molecule has 198 valence electrons. The molecule has 9 nitrogen and oxygen atoms in total. The molecule has 1 saturated heterocycles. The van der Waals surface area contributed by atoms with E-state index < -0.39 is 0 Å². The van der Waals surface area contributed by atoms with E-state index in [0.717, 1.165) is 72.0 Å². The van der Waals surface area contributed by atoms with Crippen LogP contribution in [-0.2, 0) is 6.54 Å². The number of aromatic nitrogens is 4. The Labute approximate surface area is 226 Å². The number of hydrogen-bond donors (Lipinski definition) is 3. The van der Waals surface area contributed by atoms with Crippen LogP contribution in [0.4, 0.5) is 5.69 Å². The molecule has 5 aromatic rings. The molecule has 1 aliphatic heterocycles. The summed E-state index contributed by atoms with van der Waals surface area (Å²) < 4.78 is 5.27. The number of benzene rings is 3. The maximum atomic E-state index is 13.0. The van der Waals surface area contributed by atoms with Crippen LogP contribution in [0.25, 0.3) is 33.7 Å². The Kier molecular flexibility index (Phi) is 6.83. The second kappa shape index (κ2) is 10.7. The van der Waals surface area contributed by atoms with Gasteiger partial charge in [0, 0.05) is 49.5 Å². The fraction of sp³-hybridized carbons (Fsp3) is 0.233. The number of carbonyl (C=O) groups excluding carboxylic acids is 1.